The van der Waals surface area contributed by atoms with E-state index < -0.39 is 9.85 Å². The number of fused-ring (bicyclic) bond motifs is 2. The number of nitro groups is 2. The van der Waals surface area contributed by atoms with Crippen molar-refractivity contribution in [3.05, 3.63) is 67.7 Å². The maximum Gasteiger partial charge on any atom is 0.270 e. The normalized spacial score (nSPS) is 11.1. The highest BCUT2D eigenvalue weighted by atomic mass is 16.6. The molecule has 0 amide bonds. The minimum atomic E-state index is -0.560. The zero-order valence-corrected chi connectivity index (χ0v) is 12.9. The van der Waals surface area contributed by atoms with Gasteiger partial charge in [-0.05, 0) is 17.3 Å². The van der Waals surface area contributed by atoms with Gasteiger partial charge in [-0.1, -0.05) is 0 Å². The molecule has 0 saturated heterocycles. The molecule has 0 atom stereocenters. The van der Waals surface area contributed by atoms with Gasteiger partial charge in [-0.3, -0.25) is 20.2 Å². The van der Waals surface area contributed by atoms with E-state index in [0.29, 0.717) is 33.1 Å². The molecule has 4 aromatic rings. The van der Waals surface area contributed by atoms with Gasteiger partial charge < -0.3 is 9.97 Å². The smallest absolute Gasteiger partial charge is 0.270 e. The number of aromatic nitrogens is 2. The number of rotatable bonds is 4. The zero-order valence-electron chi connectivity index (χ0n) is 12.9. The summed E-state index contributed by atoms with van der Waals surface area (Å²) >= 11 is 0. The maximum atomic E-state index is 11.4. The van der Waals surface area contributed by atoms with E-state index in [4.69, 9.17) is 0 Å². The molecule has 0 aliphatic carbocycles. The second-order valence-corrected chi connectivity index (χ2v) is 5.62. The monoisotopic (exact) mass is 351 g/mol. The summed E-state index contributed by atoms with van der Waals surface area (Å²) in [4.78, 5) is 38.4. The number of H-pyrrole nitrogens is 2. The summed E-state index contributed by atoms with van der Waals surface area (Å²) in [5, 5.41) is 25.9. The van der Waals surface area contributed by atoms with E-state index in [0.717, 1.165) is 0 Å². The van der Waals surface area contributed by atoms with Crippen molar-refractivity contribution in [3.8, 4) is 11.3 Å². The topological polar surface area (TPSA) is 147 Å². The SMILES string of the molecule is O=Nc1c(-c2c[nH]c3ccc([N+](=O)[O-])cc23)[nH]c2ccc([N+](=O)[O-])cc12. The van der Waals surface area contributed by atoms with Crippen LogP contribution in [-0.2, 0) is 0 Å². The first-order chi connectivity index (χ1) is 12.5. The lowest BCUT2D eigenvalue weighted by Crippen LogP contribution is -1.87. The van der Waals surface area contributed by atoms with Gasteiger partial charge >= 0.3 is 0 Å². The minimum Gasteiger partial charge on any atom is -0.360 e. The van der Waals surface area contributed by atoms with Gasteiger partial charge in [-0.15, -0.1) is 4.91 Å². The third-order valence-electron chi connectivity index (χ3n) is 4.20. The number of hydrogen-bond donors (Lipinski definition) is 2. The fourth-order valence-corrected chi connectivity index (χ4v) is 3.00. The van der Waals surface area contributed by atoms with Crippen molar-refractivity contribution in [3.63, 3.8) is 0 Å². The quantitative estimate of drug-likeness (QED) is 0.315. The molecule has 0 unspecified atom stereocenters. The summed E-state index contributed by atoms with van der Waals surface area (Å²) in [6.07, 6.45) is 1.60. The lowest BCUT2D eigenvalue weighted by atomic mass is 10.1. The molecule has 0 bridgehead atoms. The van der Waals surface area contributed by atoms with Crippen molar-refractivity contribution in [1.82, 2.24) is 9.97 Å². The van der Waals surface area contributed by atoms with Gasteiger partial charge in [-0.2, -0.15) is 0 Å². The van der Waals surface area contributed by atoms with Crippen LogP contribution in [0.4, 0.5) is 17.1 Å². The molecule has 128 valence electrons. The van der Waals surface area contributed by atoms with Crippen molar-refractivity contribution < 1.29 is 9.85 Å². The molecule has 2 aromatic heterocycles. The van der Waals surface area contributed by atoms with E-state index in [1.165, 1.54) is 30.3 Å². The molecular formula is C16H9N5O5. The average molecular weight is 351 g/mol. The molecule has 2 aromatic carbocycles. The van der Waals surface area contributed by atoms with Crippen LogP contribution in [-0.4, -0.2) is 19.8 Å². The van der Waals surface area contributed by atoms with Crippen LogP contribution < -0.4 is 0 Å². The number of nitro benzene ring substituents is 2. The second kappa shape index (κ2) is 5.48. The van der Waals surface area contributed by atoms with Crippen molar-refractivity contribution >= 4 is 38.9 Å². The van der Waals surface area contributed by atoms with Gasteiger partial charge in [-0.25, -0.2) is 0 Å². The van der Waals surface area contributed by atoms with E-state index in [1.807, 2.05) is 0 Å². The first kappa shape index (κ1) is 15.4. The highest BCUT2D eigenvalue weighted by Crippen LogP contribution is 2.41. The van der Waals surface area contributed by atoms with E-state index >= 15 is 0 Å². The van der Waals surface area contributed by atoms with Gasteiger partial charge in [0.1, 0.15) is 5.69 Å². The molecule has 10 heteroatoms. The summed E-state index contributed by atoms with van der Waals surface area (Å²) < 4.78 is 0. The van der Waals surface area contributed by atoms with Crippen LogP contribution in [0.15, 0.2) is 47.8 Å². The molecule has 0 saturated carbocycles. The molecular weight excluding hydrogens is 342 g/mol. The van der Waals surface area contributed by atoms with E-state index in [2.05, 4.69) is 15.1 Å². The Kier molecular flexibility index (Phi) is 3.26. The molecule has 0 fully saturated rings. The van der Waals surface area contributed by atoms with Crippen molar-refractivity contribution in [1.29, 1.82) is 0 Å². The predicted molar refractivity (Wildman–Crippen MR) is 94.4 cm³/mol. The Balaban J connectivity index is 2.01. The van der Waals surface area contributed by atoms with Crippen molar-refractivity contribution in [2.45, 2.75) is 0 Å². The highest BCUT2D eigenvalue weighted by molar-refractivity contribution is 6.06. The van der Waals surface area contributed by atoms with Crippen LogP contribution in [0, 0.1) is 25.1 Å². The third kappa shape index (κ3) is 2.20. The Labute approximate surface area is 143 Å². The van der Waals surface area contributed by atoms with Crippen LogP contribution in [0.5, 0.6) is 0 Å². The van der Waals surface area contributed by atoms with E-state index in [9.17, 15) is 25.1 Å². The Morgan fingerprint density at radius 2 is 1.50 bits per heavy atom. The number of benzene rings is 2. The summed E-state index contributed by atoms with van der Waals surface area (Å²) in [6, 6.07) is 8.40. The predicted octanol–water partition coefficient (Wildman–Crippen LogP) is 4.53. The van der Waals surface area contributed by atoms with Crippen LogP contribution in [0.25, 0.3) is 33.1 Å². The number of nitrogens with zero attached hydrogens (tertiary/aromatic N) is 3. The zero-order chi connectivity index (χ0) is 18.4. The molecule has 26 heavy (non-hydrogen) atoms. The number of nitroso groups, excluding NO2 is 1. The average Bonchev–Trinajstić information content (AvgIpc) is 3.20. The number of nitrogens with one attached hydrogen (secondary N) is 2. The molecule has 0 aliphatic rings. The minimum absolute atomic E-state index is 0.0103. The summed E-state index contributed by atoms with van der Waals surface area (Å²) in [6.45, 7) is 0. The standard InChI is InChI=1S/C16H9N5O5/c22-19-16-11-6-9(21(25)26)2-4-14(11)18-15(16)12-7-17-13-3-1-8(20(23)24)5-10(12)13/h1-7,17-18H. The molecule has 0 spiro atoms. The molecule has 2 N–H and O–H groups in total. The van der Waals surface area contributed by atoms with Gasteiger partial charge in [0.25, 0.3) is 11.4 Å². The van der Waals surface area contributed by atoms with Crippen molar-refractivity contribution in [2.24, 2.45) is 5.18 Å². The largest absolute Gasteiger partial charge is 0.360 e. The molecule has 4 rings (SSSR count). The van der Waals surface area contributed by atoms with Crippen LogP contribution >= 0.6 is 0 Å². The Morgan fingerprint density at radius 3 is 2.12 bits per heavy atom. The fourth-order valence-electron chi connectivity index (χ4n) is 3.00. The lowest BCUT2D eigenvalue weighted by Gasteiger charge is -1.98. The van der Waals surface area contributed by atoms with Crippen LogP contribution in [0.3, 0.4) is 0 Å². The first-order valence-corrected chi connectivity index (χ1v) is 7.39. The lowest BCUT2D eigenvalue weighted by molar-refractivity contribution is -0.384. The third-order valence-corrected chi connectivity index (χ3v) is 4.20. The van der Waals surface area contributed by atoms with E-state index in [1.54, 1.807) is 12.3 Å². The summed E-state index contributed by atoms with van der Waals surface area (Å²) in [5.74, 6) is 0. The maximum absolute atomic E-state index is 11.4. The van der Waals surface area contributed by atoms with Gasteiger partial charge in [0.15, 0.2) is 0 Å². The Hall–Kier alpha value is -4.08. The van der Waals surface area contributed by atoms with Gasteiger partial charge in [0.05, 0.1) is 15.5 Å². The number of non-ortho nitro benzene ring substituents is 2. The van der Waals surface area contributed by atoms with Gasteiger partial charge in [0, 0.05) is 57.8 Å². The molecule has 2 heterocycles. The fraction of sp³-hybridized carbons (Fsp3) is 0. The summed E-state index contributed by atoms with van der Waals surface area (Å²) in [5.41, 5.74) is 1.75. The van der Waals surface area contributed by atoms with E-state index in [-0.39, 0.29) is 17.1 Å². The summed E-state index contributed by atoms with van der Waals surface area (Å²) in [7, 11) is 0. The van der Waals surface area contributed by atoms with Gasteiger partial charge in [0.2, 0.25) is 0 Å². The number of aromatic amines is 2. The van der Waals surface area contributed by atoms with Crippen molar-refractivity contribution in [2.75, 3.05) is 0 Å². The highest BCUT2D eigenvalue weighted by Gasteiger charge is 2.20. The molecule has 0 radical (unpaired) electrons. The molecule has 0 aliphatic heterocycles. The Morgan fingerprint density at radius 1 is 0.885 bits per heavy atom. The van der Waals surface area contributed by atoms with Crippen LogP contribution in [0.1, 0.15) is 0 Å². The Bertz CT molecular complexity index is 1220. The number of hydrogen-bond acceptors (Lipinski definition) is 6. The second-order valence-electron chi connectivity index (χ2n) is 5.62. The first-order valence-electron chi connectivity index (χ1n) is 7.39. The molecule has 10 nitrogen and oxygen atoms in total. The van der Waals surface area contributed by atoms with Crippen LogP contribution in [0.2, 0.25) is 0 Å².